The third kappa shape index (κ3) is 2.66. The van der Waals surface area contributed by atoms with Gasteiger partial charge in [0.15, 0.2) is 0 Å². The van der Waals surface area contributed by atoms with Crippen molar-refractivity contribution in [1.29, 1.82) is 0 Å². The predicted molar refractivity (Wildman–Crippen MR) is 87.2 cm³/mol. The third-order valence-corrected chi connectivity index (χ3v) is 6.42. The van der Waals surface area contributed by atoms with Gasteiger partial charge in [-0.05, 0) is 44.6 Å². The van der Waals surface area contributed by atoms with Crippen molar-refractivity contribution in [2.24, 2.45) is 23.0 Å². The largest absolute Gasteiger partial charge is 0.377 e. The molecule has 0 spiro atoms. The quantitative estimate of drug-likeness (QED) is 0.818. The molecule has 3 heteroatoms. The van der Waals surface area contributed by atoms with Gasteiger partial charge in [0.1, 0.15) is 0 Å². The highest BCUT2D eigenvalue weighted by Crippen LogP contribution is 2.57. The van der Waals surface area contributed by atoms with Gasteiger partial charge in [0, 0.05) is 36.1 Å². The Morgan fingerprint density at radius 1 is 1.24 bits per heavy atom. The normalized spacial score (nSPS) is 38.4. The number of hydrogen-bond donors (Lipinski definition) is 1. The maximum atomic E-state index is 6.99. The first-order valence-electron chi connectivity index (χ1n) is 9.01. The second-order valence-electron chi connectivity index (χ2n) is 8.69. The molecular weight excluding hydrogens is 260 g/mol. The average molecular weight is 294 g/mol. The first-order valence-corrected chi connectivity index (χ1v) is 9.01. The molecule has 3 atom stereocenters. The summed E-state index contributed by atoms with van der Waals surface area (Å²) in [5, 5.41) is 0. The summed E-state index contributed by atoms with van der Waals surface area (Å²) in [6.45, 7) is 12.5. The number of ether oxygens (including phenoxy) is 1. The molecule has 0 bridgehead atoms. The fourth-order valence-electron chi connectivity index (χ4n) is 4.58. The van der Waals surface area contributed by atoms with E-state index < -0.39 is 0 Å². The highest BCUT2D eigenvalue weighted by molar-refractivity contribution is 5.21. The second-order valence-corrected chi connectivity index (χ2v) is 8.69. The molecule has 2 aliphatic carbocycles. The lowest BCUT2D eigenvalue weighted by Crippen LogP contribution is -2.80. The van der Waals surface area contributed by atoms with Crippen LogP contribution >= 0.6 is 0 Å². The van der Waals surface area contributed by atoms with Crippen molar-refractivity contribution in [3.05, 3.63) is 0 Å². The molecular formula is C18H34N2O. The molecule has 2 saturated carbocycles. The molecule has 3 fully saturated rings. The van der Waals surface area contributed by atoms with Gasteiger partial charge in [0.05, 0.1) is 6.10 Å². The molecule has 0 aromatic heterocycles. The Morgan fingerprint density at radius 2 is 1.95 bits per heavy atom. The van der Waals surface area contributed by atoms with E-state index in [0.717, 1.165) is 25.1 Å². The zero-order valence-corrected chi connectivity index (χ0v) is 14.4. The van der Waals surface area contributed by atoms with Crippen molar-refractivity contribution in [3.63, 3.8) is 0 Å². The minimum Gasteiger partial charge on any atom is -0.377 e. The van der Waals surface area contributed by atoms with Gasteiger partial charge >= 0.3 is 0 Å². The van der Waals surface area contributed by atoms with Gasteiger partial charge in [-0.1, -0.05) is 27.7 Å². The van der Waals surface area contributed by atoms with Crippen molar-refractivity contribution >= 4 is 0 Å². The van der Waals surface area contributed by atoms with Crippen LogP contribution in [0.4, 0.5) is 0 Å². The van der Waals surface area contributed by atoms with Crippen molar-refractivity contribution in [3.8, 4) is 0 Å². The molecule has 0 amide bonds. The molecule has 3 rings (SSSR count). The minimum absolute atomic E-state index is 0.0579. The van der Waals surface area contributed by atoms with E-state index >= 15 is 0 Å². The Kier molecular flexibility index (Phi) is 4.13. The number of rotatable bonds is 6. The van der Waals surface area contributed by atoms with E-state index in [0.29, 0.717) is 12.0 Å². The van der Waals surface area contributed by atoms with Crippen molar-refractivity contribution in [2.75, 3.05) is 19.7 Å². The van der Waals surface area contributed by atoms with E-state index in [1.54, 1.807) is 0 Å². The molecule has 0 aromatic carbocycles. The molecule has 21 heavy (non-hydrogen) atoms. The molecule has 1 heterocycles. The standard InChI is InChI=1S/C18H34N2O/c1-13(2)9-10-20(14-7-8-14)12-18(19)15-6-5-11-21-16(15)17(18,3)4/h13-16H,5-12,19H2,1-4H3. The Labute approximate surface area is 130 Å². The second kappa shape index (κ2) is 5.50. The molecule has 122 valence electrons. The Balaban J connectivity index is 1.68. The third-order valence-electron chi connectivity index (χ3n) is 6.42. The van der Waals surface area contributed by atoms with Crippen molar-refractivity contribution < 1.29 is 4.74 Å². The van der Waals surface area contributed by atoms with E-state index in [2.05, 4.69) is 32.6 Å². The van der Waals surface area contributed by atoms with Crippen LogP contribution in [-0.4, -0.2) is 42.3 Å². The molecule has 3 unspecified atom stereocenters. The van der Waals surface area contributed by atoms with Gasteiger partial charge in [-0.15, -0.1) is 0 Å². The molecule has 3 nitrogen and oxygen atoms in total. The summed E-state index contributed by atoms with van der Waals surface area (Å²) >= 11 is 0. The molecule has 0 aromatic rings. The number of nitrogens with zero attached hydrogens (tertiary/aromatic N) is 1. The lowest BCUT2D eigenvalue weighted by Gasteiger charge is -2.67. The zero-order valence-electron chi connectivity index (χ0n) is 14.4. The topological polar surface area (TPSA) is 38.5 Å². The van der Waals surface area contributed by atoms with Crippen LogP contribution in [0.5, 0.6) is 0 Å². The van der Waals surface area contributed by atoms with Gasteiger partial charge in [-0.3, -0.25) is 4.90 Å². The van der Waals surface area contributed by atoms with Crippen LogP contribution in [0.25, 0.3) is 0 Å². The minimum atomic E-state index is -0.0579. The summed E-state index contributed by atoms with van der Waals surface area (Å²) < 4.78 is 6.04. The summed E-state index contributed by atoms with van der Waals surface area (Å²) in [5.41, 5.74) is 7.04. The van der Waals surface area contributed by atoms with Crippen molar-refractivity contribution in [2.45, 2.75) is 77.5 Å². The van der Waals surface area contributed by atoms with E-state index in [1.165, 1.54) is 38.6 Å². The first-order chi connectivity index (χ1) is 9.86. The molecule has 0 radical (unpaired) electrons. The Hall–Kier alpha value is -0.120. The lowest BCUT2D eigenvalue weighted by atomic mass is 9.46. The highest BCUT2D eigenvalue weighted by atomic mass is 16.5. The summed E-state index contributed by atoms with van der Waals surface area (Å²) in [6, 6.07) is 0.809. The van der Waals surface area contributed by atoms with E-state index in [1.807, 2.05) is 0 Å². The fourth-order valence-corrected chi connectivity index (χ4v) is 4.58. The number of hydrogen-bond acceptors (Lipinski definition) is 3. The van der Waals surface area contributed by atoms with Crippen LogP contribution in [-0.2, 0) is 4.74 Å². The predicted octanol–water partition coefficient (Wildman–Crippen LogP) is 3.03. The van der Waals surface area contributed by atoms with Crippen molar-refractivity contribution in [1.82, 2.24) is 4.90 Å². The first kappa shape index (κ1) is 15.8. The van der Waals surface area contributed by atoms with Gasteiger partial charge < -0.3 is 10.5 Å². The van der Waals surface area contributed by atoms with Crippen LogP contribution in [0.1, 0.15) is 59.8 Å². The van der Waals surface area contributed by atoms with E-state index in [-0.39, 0.29) is 11.0 Å². The summed E-state index contributed by atoms with van der Waals surface area (Å²) in [5.74, 6) is 1.35. The van der Waals surface area contributed by atoms with Crippen LogP contribution in [0.2, 0.25) is 0 Å². The smallest absolute Gasteiger partial charge is 0.0690 e. The van der Waals surface area contributed by atoms with Gasteiger partial charge in [0.25, 0.3) is 0 Å². The van der Waals surface area contributed by atoms with Crippen LogP contribution in [0.15, 0.2) is 0 Å². The SMILES string of the molecule is CC(C)CCN(CC1(N)C2CCCOC2C1(C)C)C1CC1. The van der Waals surface area contributed by atoms with E-state index in [4.69, 9.17) is 10.5 Å². The van der Waals surface area contributed by atoms with Crippen LogP contribution in [0, 0.1) is 17.3 Å². The molecule has 1 aliphatic heterocycles. The van der Waals surface area contributed by atoms with E-state index in [9.17, 15) is 0 Å². The molecule has 3 aliphatic rings. The maximum Gasteiger partial charge on any atom is 0.0690 e. The monoisotopic (exact) mass is 294 g/mol. The highest BCUT2D eigenvalue weighted by Gasteiger charge is 2.66. The van der Waals surface area contributed by atoms with Gasteiger partial charge in [-0.2, -0.15) is 0 Å². The van der Waals surface area contributed by atoms with Gasteiger partial charge in [0.2, 0.25) is 0 Å². The zero-order chi connectivity index (χ0) is 15.3. The summed E-state index contributed by atoms with van der Waals surface area (Å²) in [4.78, 5) is 2.70. The number of nitrogens with two attached hydrogens (primary N) is 1. The lowest BCUT2D eigenvalue weighted by molar-refractivity contribution is -0.232. The molecule has 1 saturated heterocycles. The Morgan fingerprint density at radius 3 is 2.57 bits per heavy atom. The maximum absolute atomic E-state index is 6.99. The molecule has 2 N–H and O–H groups in total. The summed E-state index contributed by atoms with van der Waals surface area (Å²) in [6.07, 6.45) is 6.87. The summed E-state index contributed by atoms with van der Waals surface area (Å²) in [7, 11) is 0. The van der Waals surface area contributed by atoms with Gasteiger partial charge in [-0.25, -0.2) is 0 Å². The Bertz CT molecular complexity index is 377. The average Bonchev–Trinajstić information content (AvgIpc) is 3.27. The van der Waals surface area contributed by atoms with Crippen LogP contribution in [0.3, 0.4) is 0 Å². The van der Waals surface area contributed by atoms with Crippen LogP contribution < -0.4 is 5.73 Å². The fraction of sp³-hybridized carbons (Fsp3) is 1.00. The number of fused-ring (bicyclic) bond motifs is 1.